The smallest absolute Gasteiger partial charge is 0.271 e. The van der Waals surface area contributed by atoms with Gasteiger partial charge in [-0.25, -0.2) is 4.98 Å². The molecule has 0 radical (unpaired) electrons. The average molecular weight is 609 g/mol. The van der Waals surface area contributed by atoms with E-state index in [2.05, 4.69) is 37.6 Å². The molecule has 1 unspecified atom stereocenters. The number of rotatable bonds is 10. The van der Waals surface area contributed by atoms with Gasteiger partial charge < -0.3 is 5.32 Å². The summed E-state index contributed by atoms with van der Waals surface area (Å²) in [5.74, 6) is 1.01. The first-order valence-corrected chi connectivity index (χ1v) is 15.5. The average Bonchev–Trinajstić information content (AvgIpc) is 3.69. The Hall–Kier alpha value is -4.31. The van der Waals surface area contributed by atoms with Gasteiger partial charge in [0.25, 0.3) is 5.91 Å². The quantitative estimate of drug-likeness (QED) is 0.163. The zero-order valence-electron chi connectivity index (χ0n) is 22.3. The number of carbonyl (C=O) groups is 1. The number of nitrogens with zero attached hydrogens (tertiary/aromatic N) is 5. The van der Waals surface area contributed by atoms with Gasteiger partial charge in [-0.15, -0.1) is 21.5 Å². The first-order valence-electron chi connectivity index (χ1n) is 13.2. The summed E-state index contributed by atoms with van der Waals surface area (Å²) >= 11 is 9.27. The lowest BCUT2D eigenvalue weighted by Gasteiger charge is -2.19. The summed E-state index contributed by atoms with van der Waals surface area (Å²) in [4.78, 5) is 22.1. The van der Waals surface area contributed by atoms with Crippen molar-refractivity contribution in [3.8, 4) is 17.1 Å². The van der Waals surface area contributed by atoms with Crippen LogP contribution in [0.3, 0.4) is 0 Å². The Bertz CT molecular complexity index is 1780. The monoisotopic (exact) mass is 608 g/mol. The van der Waals surface area contributed by atoms with Gasteiger partial charge in [0.1, 0.15) is 10.7 Å². The molecule has 0 saturated heterocycles. The van der Waals surface area contributed by atoms with E-state index in [0.29, 0.717) is 33.9 Å². The second kappa shape index (κ2) is 13.1. The Morgan fingerprint density at radius 3 is 2.45 bits per heavy atom. The van der Waals surface area contributed by atoms with Crippen molar-refractivity contribution in [1.82, 2.24) is 30.0 Å². The van der Waals surface area contributed by atoms with Gasteiger partial charge in [0.15, 0.2) is 11.0 Å². The summed E-state index contributed by atoms with van der Waals surface area (Å²) in [7, 11) is 0. The second-order valence-corrected chi connectivity index (χ2v) is 11.7. The van der Waals surface area contributed by atoms with Crippen LogP contribution in [-0.4, -0.2) is 30.6 Å². The van der Waals surface area contributed by atoms with Gasteiger partial charge in [-0.3, -0.25) is 14.3 Å². The number of aromatic nitrogens is 5. The van der Waals surface area contributed by atoms with Crippen molar-refractivity contribution < 1.29 is 4.79 Å². The number of pyridine rings is 1. The molecule has 1 N–H and O–H groups in total. The molecule has 10 heteroatoms. The number of hydrogen-bond donors (Lipinski definition) is 1. The fourth-order valence-corrected chi connectivity index (χ4v) is 6.46. The molecule has 1 atom stereocenters. The van der Waals surface area contributed by atoms with E-state index in [9.17, 15) is 4.79 Å². The Labute approximate surface area is 256 Å². The van der Waals surface area contributed by atoms with E-state index in [4.69, 9.17) is 11.6 Å². The zero-order chi connectivity index (χ0) is 28.7. The van der Waals surface area contributed by atoms with Gasteiger partial charge in [-0.05, 0) is 47.9 Å². The van der Waals surface area contributed by atoms with Crippen LogP contribution in [0.5, 0.6) is 0 Å². The van der Waals surface area contributed by atoms with Crippen LogP contribution < -0.4 is 5.32 Å². The van der Waals surface area contributed by atoms with E-state index in [1.165, 1.54) is 23.1 Å². The van der Waals surface area contributed by atoms with Gasteiger partial charge in [0, 0.05) is 28.4 Å². The first kappa shape index (κ1) is 27.8. The van der Waals surface area contributed by atoms with Gasteiger partial charge >= 0.3 is 0 Å². The molecule has 1 amide bonds. The summed E-state index contributed by atoms with van der Waals surface area (Å²) in [6.07, 6.45) is 4.13. The van der Waals surface area contributed by atoms with Gasteiger partial charge in [-0.1, -0.05) is 90.1 Å². The van der Waals surface area contributed by atoms with Crippen LogP contribution in [0.15, 0.2) is 120 Å². The molecule has 0 fully saturated rings. The number of thiazole rings is 1. The van der Waals surface area contributed by atoms with Crippen molar-refractivity contribution in [2.45, 2.75) is 23.4 Å². The van der Waals surface area contributed by atoms with E-state index in [-0.39, 0.29) is 11.9 Å². The fourth-order valence-electron chi connectivity index (χ4n) is 4.53. The lowest BCUT2D eigenvalue weighted by molar-refractivity contribution is 0.0932. The Kier molecular flexibility index (Phi) is 8.69. The SMILES string of the molecule is O=C(NC(Cc1ccccc1)c1ccccc1)c1csc(CSc2nnc(-c3ccncc3)n2-c2cccc(Cl)c2)n1. The molecule has 0 spiro atoms. The number of thioether (sulfide) groups is 1. The Morgan fingerprint density at radius 2 is 1.69 bits per heavy atom. The highest BCUT2D eigenvalue weighted by atomic mass is 35.5. The van der Waals surface area contributed by atoms with Crippen molar-refractivity contribution in [2.75, 3.05) is 0 Å². The molecule has 6 rings (SSSR count). The molecule has 3 aromatic carbocycles. The van der Waals surface area contributed by atoms with Crippen molar-refractivity contribution in [3.05, 3.63) is 142 Å². The summed E-state index contributed by atoms with van der Waals surface area (Å²) in [5.41, 5.74) is 4.34. The van der Waals surface area contributed by atoms with E-state index in [1.807, 2.05) is 89.5 Å². The van der Waals surface area contributed by atoms with Crippen LogP contribution in [0.1, 0.15) is 32.7 Å². The van der Waals surface area contributed by atoms with E-state index >= 15 is 0 Å². The molecule has 0 aliphatic rings. The predicted octanol–water partition coefficient (Wildman–Crippen LogP) is 7.45. The maximum absolute atomic E-state index is 13.3. The number of hydrogen-bond acceptors (Lipinski definition) is 7. The molecule has 7 nitrogen and oxygen atoms in total. The number of benzene rings is 3. The Balaban J connectivity index is 1.19. The molecule has 3 aromatic heterocycles. The topological polar surface area (TPSA) is 85.6 Å². The molecule has 0 aliphatic heterocycles. The molecular weight excluding hydrogens is 584 g/mol. The summed E-state index contributed by atoms with van der Waals surface area (Å²) in [5, 5.41) is 16.1. The predicted molar refractivity (Wildman–Crippen MR) is 168 cm³/mol. The second-order valence-electron chi connectivity index (χ2n) is 9.40. The fraction of sp³-hybridized carbons (Fsp3) is 0.0938. The van der Waals surface area contributed by atoms with Crippen molar-refractivity contribution >= 4 is 40.6 Å². The highest BCUT2D eigenvalue weighted by Crippen LogP contribution is 2.31. The maximum atomic E-state index is 13.3. The summed E-state index contributed by atoms with van der Waals surface area (Å²) in [6.45, 7) is 0. The molecular formula is C32H25ClN6OS2. The van der Waals surface area contributed by atoms with Gasteiger partial charge in [-0.2, -0.15) is 0 Å². The standard InChI is InChI=1S/C32H25ClN6OS2/c33-25-12-7-13-26(19-25)39-30(24-14-16-34-17-15-24)37-38-32(39)42-21-29-35-28(20-41-29)31(40)36-27(23-10-5-2-6-11-23)18-22-8-3-1-4-9-22/h1-17,19-20,27H,18,21H2,(H,36,40). The van der Waals surface area contributed by atoms with E-state index in [0.717, 1.165) is 27.4 Å². The minimum atomic E-state index is -0.200. The third-order valence-electron chi connectivity index (χ3n) is 6.54. The number of halogens is 1. The zero-order valence-corrected chi connectivity index (χ0v) is 24.7. The number of nitrogens with one attached hydrogen (secondary N) is 1. The van der Waals surface area contributed by atoms with Crippen LogP contribution in [0.25, 0.3) is 17.1 Å². The number of amides is 1. The van der Waals surface area contributed by atoms with Crippen molar-refractivity contribution in [1.29, 1.82) is 0 Å². The first-order chi connectivity index (χ1) is 20.6. The molecule has 42 heavy (non-hydrogen) atoms. The molecule has 0 saturated carbocycles. The largest absolute Gasteiger partial charge is 0.344 e. The van der Waals surface area contributed by atoms with Crippen LogP contribution >= 0.6 is 34.7 Å². The van der Waals surface area contributed by atoms with Crippen LogP contribution in [0, 0.1) is 0 Å². The van der Waals surface area contributed by atoms with Crippen LogP contribution in [-0.2, 0) is 12.2 Å². The highest BCUT2D eigenvalue weighted by molar-refractivity contribution is 7.98. The maximum Gasteiger partial charge on any atom is 0.271 e. The Morgan fingerprint density at radius 1 is 0.929 bits per heavy atom. The van der Waals surface area contributed by atoms with Crippen LogP contribution in [0.4, 0.5) is 0 Å². The van der Waals surface area contributed by atoms with Crippen LogP contribution in [0.2, 0.25) is 5.02 Å². The number of carbonyl (C=O) groups excluding carboxylic acids is 1. The summed E-state index contributed by atoms with van der Waals surface area (Å²) < 4.78 is 1.97. The van der Waals surface area contributed by atoms with E-state index < -0.39 is 0 Å². The van der Waals surface area contributed by atoms with E-state index in [1.54, 1.807) is 17.8 Å². The van der Waals surface area contributed by atoms with Gasteiger partial charge in [0.2, 0.25) is 0 Å². The third kappa shape index (κ3) is 6.60. The molecule has 0 bridgehead atoms. The lowest BCUT2D eigenvalue weighted by atomic mass is 9.99. The highest BCUT2D eigenvalue weighted by Gasteiger charge is 2.20. The van der Waals surface area contributed by atoms with Gasteiger partial charge in [0.05, 0.1) is 17.5 Å². The molecule has 6 aromatic rings. The molecule has 208 valence electrons. The van der Waals surface area contributed by atoms with Crippen molar-refractivity contribution in [2.24, 2.45) is 0 Å². The minimum absolute atomic E-state index is 0.177. The molecule has 3 heterocycles. The summed E-state index contributed by atoms with van der Waals surface area (Å²) in [6, 6.07) is 31.4. The lowest BCUT2D eigenvalue weighted by Crippen LogP contribution is -2.30. The van der Waals surface area contributed by atoms with Crippen molar-refractivity contribution in [3.63, 3.8) is 0 Å². The third-order valence-corrected chi connectivity index (χ3v) is 8.74. The minimum Gasteiger partial charge on any atom is -0.344 e. The molecule has 0 aliphatic carbocycles. The normalized spacial score (nSPS) is 11.7.